The van der Waals surface area contributed by atoms with E-state index in [0.29, 0.717) is 19.5 Å². The molecule has 1 fully saturated rings. The molecule has 3 rings (SSSR count). The largest absolute Gasteiger partial charge is 0.351 e. The number of amides is 1. The molecule has 7 heteroatoms. The first-order chi connectivity index (χ1) is 10.4. The molecule has 22 heavy (non-hydrogen) atoms. The Bertz CT molecular complexity index is 687. The second-order valence-electron chi connectivity index (χ2n) is 6.05. The molecule has 1 aliphatic carbocycles. The highest BCUT2D eigenvalue weighted by atomic mass is 32.2. The summed E-state index contributed by atoms with van der Waals surface area (Å²) in [6, 6.07) is 1.52. The Morgan fingerprint density at radius 3 is 3.00 bits per heavy atom. The van der Waals surface area contributed by atoms with Gasteiger partial charge in [-0.3, -0.25) is 9.78 Å². The van der Waals surface area contributed by atoms with Crippen LogP contribution in [0.2, 0.25) is 0 Å². The van der Waals surface area contributed by atoms with Gasteiger partial charge < -0.3 is 5.32 Å². The number of fused-ring (bicyclic) bond motifs is 1. The minimum absolute atomic E-state index is 0.219. The highest BCUT2D eigenvalue weighted by molar-refractivity contribution is 7.88. The molecule has 120 valence electrons. The van der Waals surface area contributed by atoms with E-state index in [4.69, 9.17) is 0 Å². The van der Waals surface area contributed by atoms with E-state index >= 15 is 0 Å². The zero-order valence-electron chi connectivity index (χ0n) is 12.7. The van der Waals surface area contributed by atoms with Crippen LogP contribution in [0.5, 0.6) is 0 Å². The second kappa shape index (κ2) is 5.96. The lowest BCUT2D eigenvalue weighted by Crippen LogP contribution is -2.45. The Kier molecular flexibility index (Phi) is 4.18. The summed E-state index contributed by atoms with van der Waals surface area (Å²) in [6.45, 7) is 0.824. The number of nitrogens with one attached hydrogen (secondary N) is 1. The Morgan fingerprint density at radius 2 is 2.23 bits per heavy atom. The monoisotopic (exact) mass is 323 g/mol. The Balaban J connectivity index is 1.63. The standard InChI is InChI=1S/C15H21N3O3S/c1-22(20,21)18-7-3-6-14(18)15(19)17-10-11-8-12-4-2-5-13(12)16-9-11/h8-9,14H,2-7,10H2,1H3,(H,17,19)/t14-/m0/s1. The predicted molar refractivity (Wildman–Crippen MR) is 82.7 cm³/mol. The highest BCUT2D eigenvalue weighted by Crippen LogP contribution is 2.22. The van der Waals surface area contributed by atoms with Gasteiger partial charge in [-0.25, -0.2) is 8.42 Å². The molecule has 2 heterocycles. The minimum atomic E-state index is -3.33. The Labute approximate surface area is 131 Å². The SMILES string of the molecule is CS(=O)(=O)N1CCC[C@H]1C(=O)NCc1cnc2c(c1)CCC2. The summed E-state index contributed by atoms with van der Waals surface area (Å²) in [7, 11) is -3.33. The first-order valence-electron chi connectivity index (χ1n) is 7.66. The van der Waals surface area contributed by atoms with Crippen LogP contribution in [0.25, 0.3) is 0 Å². The third-order valence-corrected chi connectivity index (χ3v) is 5.66. The van der Waals surface area contributed by atoms with Gasteiger partial charge in [0.05, 0.1) is 6.26 Å². The summed E-state index contributed by atoms with van der Waals surface area (Å²) in [6.07, 6.45) is 7.49. The first kappa shape index (κ1) is 15.4. The molecule has 0 aromatic carbocycles. The normalized spacial score (nSPS) is 21.8. The van der Waals surface area contributed by atoms with Crippen molar-refractivity contribution in [3.05, 3.63) is 29.1 Å². The summed E-state index contributed by atoms with van der Waals surface area (Å²) >= 11 is 0. The van der Waals surface area contributed by atoms with Gasteiger partial charge in [-0.2, -0.15) is 4.31 Å². The molecule has 6 nitrogen and oxygen atoms in total. The van der Waals surface area contributed by atoms with Crippen molar-refractivity contribution in [3.63, 3.8) is 0 Å². The molecular formula is C15H21N3O3S. The van der Waals surface area contributed by atoms with Gasteiger partial charge in [0, 0.05) is 25.0 Å². The number of nitrogens with zero attached hydrogens (tertiary/aromatic N) is 2. The van der Waals surface area contributed by atoms with Gasteiger partial charge in [-0.1, -0.05) is 6.07 Å². The number of carbonyl (C=O) groups is 1. The smallest absolute Gasteiger partial charge is 0.238 e. The fraction of sp³-hybridized carbons (Fsp3) is 0.600. The molecule has 1 aromatic heterocycles. The van der Waals surface area contributed by atoms with E-state index in [1.165, 1.54) is 9.87 Å². The number of aromatic nitrogens is 1. The molecule has 1 aliphatic heterocycles. The van der Waals surface area contributed by atoms with Crippen molar-refractivity contribution < 1.29 is 13.2 Å². The lowest BCUT2D eigenvalue weighted by molar-refractivity contribution is -0.124. The average molecular weight is 323 g/mol. The molecule has 1 N–H and O–H groups in total. The van der Waals surface area contributed by atoms with E-state index in [2.05, 4.69) is 16.4 Å². The van der Waals surface area contributed by atoms with Crippen LogP contribution >= 0.6 is 0 Å². The molecule has 2 aliphatic rings. The van der Waals surface area contributed by atoms with E-state index in [1.54, 1.807) is 6.20 Å². The topological polar surface area (TPSA) is 79.4 Å². The van der Waals surface area contributed by atoms with Crippen molar-refractivity contribution in [3.8, 4) is 0 Å². The van der Waals surface area contributed by atoms with Crippen LogP contribution in [-0.2, 0) is 34.2 Å². The van der Waals surface area contributed by atoms with Crippen LogP contribution in [0.3, 0.4) is 0 Å². The van der Waals surface area contributed by atoms with Crippen LogP contribution in [0.1, 0.15) is 36.1 Å². The van der Waals surface area contributed by atoms with Crippen LogP contribution in [0.15, 0.2) is 12.3 Å². The number of sulfonamides is 1. The fourth-order valence-corrected chi connectivity index (χ4v) is 4.40. The molecule has 0 saturated carbocycles. The molecule has 1 aromatic rings. The third-order valence-electron chi connectivity index (χ3n) is 4.38. The van der Waals surface area contributed by atoms with E-state index in [0.717, 1.165) is 43.2 Å². The quantitative estimate of drug-likeness (QED) is 0.880. The summed E-state index contributed by atoms with van der Waals surface area (Å²) in [5.41, 5.74) is 3.40. The number of hydrogen-bond acceptors (Lipinski definition) is 4. The van der Waals surface area contributed by atoms with Gasteiger partial charge in [0.25, 0.3) is 0 Å². The fourth-order valence-electron chi connectivity index (χ4n) is 3.28. The van der Waals surface area contributed by atoms with E-state index < -0.39 is 16.1 Å². The molecule has 1 saturated heterocycles. The van der Waals surface area contributed by atoms with Crippen molar-refractivity contribution in [2.75, 3.05) is 12.8 Å². The molecule has 0 spiro atoms. The van der Waals surface area contributed by atoms with Gasteiger partial charge in [0.1, 0.15) is 6.04 Å². The number of pyridine rings is 1. The molecule has 1 atom stereocenters. The van der Waals surface area contributed by atoms with Gasteiger partial charge >= 0.3 is 0 Å². The maximum Gasteiger partial charge on any atom is 0.238 e. The second-order valence-corrected chi connectivity index (χ2v) is 7.99. The predicted octanol–water partition coefficient (Wildman–Crippen LogP) is 0.611. The molecule has 0 unspecified atom stereocenters. The number of rotatable bonds is 4. The maximum atomic E-state index is 12.3. The van der Waals surface area contributed by atoms with Crippen molar-refractivity contribution in [1.29, 1.82) is 0 Å². The number of aryl methyl sites for hydroxylation is 2. The van der Waals surface area contributed by atoms with Crippen LogP contribution in [-0.4, -0.2) is 42.5 Å². The third kappa shape index (κ3) is 3.15. The van der Waals surface area contributed by atoms with Gasteiger partial charge in [0.2, 0.25) is 15.9 Å². The molecule has 1 amide bonds. The zero-order chi connectivity index (χ0) is 15.7. The van der Waals surface area contributed by atoms with Crippen LogP contribution in [0, 0.1) is 0 Å². The lowest BCUT2D eigenvalue weighted by atomic mass is 10.1. The molecular weight excluding hydrogens is 302 g/mol. The average Bonchev–Trinajstić information content (AvgIpc) is 3.12. The first-order valence-corrected chi connectivity index (χ1v) is 9.51. The van der Waals surface area contributed by atoms with E-state index in [1.807, 2.05) is 0 Å². The molecule has 0 radical (unpaired) electrons. The summed E-state index contributed by atoms with van der Waals surface area (Å²) < 4.78 is 24.7. The zero-order valence-corrected chi connectivity index (χ0v) is 13.5. The summed E-state index contributed by atoms with van der Waals surface area (Å²) in [5.74, 6) is -0.219. The van der Waals surface area contributed by atoms with E-state index in [-0.39, 0.29) is 5.91 Å². The number of carbonyl (C=O) groups excluding carboxylic acids is 1. The Morgan fingerprint density at radius 1 is 1.41 bits per heavy atom. The summed E-state index contributed by atoms with van der Waals surface area (Å²) in [5, 5.41) is 2.85. The highest BCUT2D eigenvalue weighted by Gasteiger charge is 2.36. The Hall–Kier alpha value is -1.47. The molecule has 0 bridgehead atoms. The maximum absolute atomic E-state index is 12.3. The van der Waals surface area contributed by atoms with Gasteiger partial charge in [-0.15, -0.1) is 0 Å². The van der Waals surface area contributed by atoms with Crippen molar-refractivity contribution in [2.45, 2.75) is 44.7 Å². The number of hydrogen-bond donors (Lipinski definition) is 1. The van der Waals surface area contributed by atoms with E-state index in [9.17, 15) is 13.2 Å². The van der Waals surface area contributed by atoms with Gasteiger partial charge in [0.15, 0.2) is 0 Å². The van der Waals surface area contributed by atoms with Crippen molar-refractivity contribution in [1.82, 2.24) is 14.6 Å². The van der Waals surface area contributed by atoms with Gasteiger partial charge in [-0.05, 0) is 43.2 Å². The van der Waals surface area contributed by atoms with Crippen LogP contribution in [0.4, 0.5) is 0 Å². The lowest BCUT2D eigenvalue weighted by Gasteiger charge is -2.21. The van der Waals surface area contributed by atoms with Crippen LogP contribution < -0.4 is 5.32 Å². The van der Waals surface area contributed by atoms with Crippen molar-refractivity contribution >= 4 is 15.9 Å². The summed E-state index contributed by atoms with van der Waals surface area (Å²) in [4.78, 5) is 16.7. The van der Waals surface area contributed by atoms with Crippen molar-refractivity contribution in [2.24, 2.45) is 0 Å². The minimum Gasteiger partial charge on any atom is -0.351 e.